The van der Waals surface area contributed by atoms with Crippen LogP contribution in [0.1, 0.15) is 35.2 Å². The zero-order valence-electron chi connectivity index (χ0n) is 19.8. The number of aromatic nitrogens is 1. The first kappa shape index (κ1) is 24.3. The Balaban J connectivity index is 1.53. The Morgan fingerprint density at radius 3 is 2.47 bits per heavy atom. The summed E-state index contributed by atoms with van der Waals surface area (Å²) in [7, 11) is 0. The lowest BCUT2D eigenvalue weighted by Gasteiger charge is -2.26. The minimum absolute atomic E-state index is 0.0171. The quantitative estimate of drug-likeness (QED) is 0.490. The van der Waals surface area contributed by atoms with Crippen molar-refractivity contribution in [3.05, 3.63) is 77.0 Å². The Kier molecular flexibility index (Phi) is 6.69. The Bertz CT molecular complexity index is 1280. The minimum atomic E-state index is -4.37. The zero-order valence-corrected chi connectivity index (χ0v) is 19.8. The van der Waals surface area contributed by atoms with Gasteiger partial charge in [0.25, 0.3) is 0 Å². The van der Waals surface area contributed by atoms with Gasteiger partial charge in [-0.2, -0.15) is 18.4 Å². The van der Waals surface area contributed by atoms with E-state index in [4.69, 9.17) is 0 Å². The van der Waals surface area contributed by atoms with Gasteiger partial charge in [-0.3, -0.25) is 4.90 Å². The normalized spacial score (nSPS) is 16.4. The average Bonchev–Trinajstić information content (AvgIpc) is 3.70. The summed E-state index contributed by atoms with van der Waals surface area (Å²) in [6.07, 6.45) is -1.45. The number of aliphatic hydroxyl groups is 1. The van der Waals surface area contributed by atoms with E-state index in [0.29, 0.717) is 30.3 Å². The molecule has 2 aliphatic rings. The average molecular weight is 493 g/mol. The molecular formula is C28H27F3N4O. The largest absolute Gasteiger partial charge is 0.416 e. The summed E-state index contributed by atoms with van der Waals surface area (Å²) in [5, 5.41) is 18.8. The van der Waals surface area contributed by atoms with Crippen molar-refractivity contribution in [3.63, 3.8) is 0 Å². The van der Waals surface area contributed by atoms with E-state index in [1.807, 2.05) is 18.2 Å². The molecule has 1 saturated carbocycles. The maximum atomic E-state index is 13.1. The van der Waals surface area contributed by atoms with Crippen LogP contribution in [0.5, 0.6) is 0 Å². The summed E-state index contributed by atoms with van der Waals surface area (Å²) in [5.74, 6) is 0.712. The van der Waals surface area contributed by atoms with Crippen molar-refractivity contribution < 1.29 is 18.3 Å². The highest BCUT2D eigenvalue weighted by Gasteiger charge is 2.31. The van der Waals surface area contributed by atoms with Crippen LogP contribution in [0.15, 0.2) is 54.6 Å². The van der Waals surface area contributed by atoms with Gasteiger partial charge in [-0.25, -0.2) is 4.98 Å². The molecule has 2 aromatic carbocycles. The van der Waals surface area contributed by atoms with Crippen LogP contribution in [0.25, 0.3) is 11.3 Å². The summed E-state index contributed by atoms with van der Waals surface area (Å²) < 4.78 is 39.4. The second-order valence-corrected chi connectivity index (χ2v) is 9.55. The highest BCUT2D eigenvalue weighted by Crippen LogP contribution is 2.38. The van der Waals surface area contributed by atoms with Crippen molar-refractivity contribution >= 4 is 11.4 Å². The highest BCUT2D eigenvalue weighted by molar-refractivity contribution is 5.72. The van der Waals surface area contributed by atoms with E-state index < -0.39 is 11.7 Å². The number of aliphatic hydroxyl groups excluding tert-OH is 1. The SMILES string of the molecule is N#Cc1cc(CCO)cc(-c2ccc3c(c2)CN(CC2CC2)CCN3c2ccc(C(F)(F)F)cc2)n1. The van der Waals surface area contributed by atoms with Gasteiger partial charge >= 0.3 is 6.18 Å². The van der Waals surface area contributed by atoms with E-state index in [-0.39, 0.29) is 6.61 Å². The lowest BCUT2D eigenvalue weighted by Crippen LogP contribution is -2.30. The molecule has 1 N–H and O–H groups in total. The smallest absolute Gasteiger partial charge is 0.396 e. The van der Waals surface area contributed by atoms with Crippen molar-refractivity contribution in [2.75, 3.05) is 31.1 Å². The van der Waals surface area contributed by atoms with Gasteiger partial charge in [-0.15, -0.1) is 0 Å². The fourth-order valence-corrected chi connectivity index (χ4v) is 4.80. The topological polar surface area (TPSA) is 63.4 Å². The number of pyridine rings is 1. The number of rotatable bonds is 6. The maximum absolute atomic E-state index is 13.1. The molecule has 2 heterocycles. The van der Waals surface area contributed by atoms with Gasteiger partial charge in [0.15, 0.2) is 0 Å². The molecule has 0 saturated heterocycles. The molecule has 5 rings (SSSR count). The first-order chi connectivity index (χ1) is 17.3. The van der Waals surface area contributed by atoms with Crippen LogP contribution in [0.4, 0.5) is 24.5 Å². The number of anilines is 2. The summed E-state index contributed by atoms with van der Waals surface area (Å²) in [4.78, 5) is 8.99. The number of hydrogen-bond acceptors (Lipinski definition) is 5. The van der Waals surface area contributed by atoms with Gasteiger partial charge in [0.2, 0.25) is 0 Å². The fourth-order valence-electron chi connectivity index (χ4n) is 4.80. The van der Waals surface area contributed by atoms with Crippen molar-refractivity contribution in [1.82, 2.24) is 9.88 Å². The van der Waals surface area contributed by atoms with Crippen molar-refractivity contribution in [2.24, 2.45) is 5.92 Å². The number of fused-ring (bicyclic) bond motifs is 1. The van der Waals surface area contributed by atoms with E-state index in [9.17, 15) is 23.5 Å². The highest BCUT2D eigenvalue weighted by atomic mass is 19.4. The number of halogens is 3. The molecule has 1 aliphatic heterocycles. The molecule has 0 atom stereocenters. The molecule has 5 nitrogen and oxygen atoms in total. The van der Waals surface area contributed by atoms with Crippen LogP contribution >= 0.6 is 0 Å². The Hall–Kier alpha value is -3.41. The van der Waals surface area contributed by atoms with Crippen molar-refractivity contribution in [1.29, 1.82) is 5.26 Å². The maximum Gasteiger partial charge on any atom is 0.416 e. The third kappa shape index (κ3) is 5.38. The van der Waals surface area contributed by atoms with Crippen LogP contribution in [0, 0.1) is 17.2 Å². The van der Waals surface area contributed by atoms with Crippen LogP contribution in [0.2, 0.25) is 0 Å². The van der Waals surface area contributed by atoms with Crippen molar-refractivity contribution in [3.8, 4) is 17.3 Å². The summed E-state index contributed by atoms with van der Waals surface area (Å²) in [5.41, 5.74) is 4.77. The minimum Gasteiger partial charge on any atom is -0.396 e. The molecule has 0 bridgehead atoms. The molecule has 0 radical (unpaired) electrons. The second kappa shape index (κ2) is 9.92. The molecular weight excluding hydrogens is 465 g/mol. The second-order valence-electron chi connectivity index (χ2n) is 9.55. The van der Waals surface area contributed by atoms with Crippen LogP contribution in [0.3, 0.4) is 0 Å². The Labute approximate surface area is 208 Å². The molecule has 3 aromatic rings. The van der Waals surface area contributed by atoms with Crippen LogP contribution in [-0.2, 0) is 19.1 Å². The molecule has 1 fully saturated rings. The predicted molar refractivity (Wildman–Crippen MR) is 132 cm³/mol. The predicted octanol–water partition coefficient (Wildman–Crippen LogP) is 5.54. The Morgan fingerprint density at radius 1 is 1.03 bits per heavy atom. The molecule has 186 valence electrons. The van der Waals surface area contributed by atoms with Gasteiger partial charge in [-0.05, 0) is 84.8 Å². The van der Waals surface area contributed by atoms with Gasteiger partial charge in [0, 0.05) is 49.7 Å². The van der Waals surface area contributed by atoms with Gasteiger partial charge in [0.05, 0.1) is 11.3 Å². The standard InChI is InChI=1S/C28H27F3N4O/c29-28(30,31)23-4-6-25(7-5-23)35-11-10-34(17-19-1-2-19)18-22-15-21(3-8-27(22)35)26-14-20(9-12-36)13-24(16-32)33-26/h3-8,13-15,19,36H,1-2,9-12,17-18H2. The molecule has 0 unspecified atom stereocenters. The third-order valence-electron chi connectivity index (χ3n) is 6.82. The fraction of sp³-hybridized carbons (Fsp3) is 0.357. The lowest BCUT2D eigenvalue weighted by atomic mass is 10.0. The molecule has 0 spiro atoms. The molecule has 1 aromatic heterocycles. The lowest BCUT2D eigenvalue weighted by molar-refractivity contribution is -0.137. The van der Waals surface area contributed by atoms with Gasteiger partial charge < -0.3 is 10.0 Å². The van der Waals surface area contributed by atoms with Gasteiger partial charge in [-0.1, -0.05) is 6.07 Å². The number of alkyl halides is 3. The van der Waals surface area contributed by atoms with Gasteiger partial charge in [0.1, 0.15) is 11.8 Å². The molecule has 36 heavy (non-hydrogen) atoms. The first-order valence-corrected chi connectivity index (χ1v) is 12.2. The molecule has 1 aliphatic carbocycles. The van der Waals surface area contributed by atoms with E-state index >= 15 is 0 Å². The van der Waals surface area contributed by atoms with E-state index in [1.165, 1.54) is 25.0 Å². The number of nitrogens with zero attached hydrogens (tertiary/aromatic N) is 4. The van der Waals surface area contributed by atoms with E-state index in [2.05, 4.69) is 26.9 Å². The summed E-state index contributed by atoms with van der Waals surface area (Å²) in [6.45, 7) is 3.21. The zero-order chi connectivity index (χ0) is 25.3. The number of nitriles is 1. The van der Waals surface area contributed by atoms with Crippen molar-refractivity contribution in [2.45, 2.75) is 32.0 Å². The number of benzene rings is 2. The molecule has 0 amide bonds. The summed E-state index contributed by atoms with van der Waals surface area (Å²) in [6, 6.07) is 17.0. The van der Waals surface area contributed by atoms with E-state index in [1.54, 1.807) is 6.07 Å². The third-order valence-corrected chi connectivity index (χ3v) is 6.82. The molecule has 8 heteroatoms. The Morgan fingerprint density at radius 2 is 1.81 bits per heavy atom. The first-order valence-electron chi connectivity index (χ1n) is 12.2. The summed E-state index contributed by atoms with van der Waals surface area (Å²) >= 11 is 0. The van der Waals surface area contributed by atoms with Crippen LogP contribution < -0.4 is 4.90 Å². The van der Waals surface area contributed by atoms with E-state index in [0.717, 1.165) is 59.8 Å². The monoisotopic (exact) mass is 492 g/mol. The number of hydrogen-bond donors (Lipinski definition) is 1. The van der Waals surface area contributed by atoms with Crippen LogP contribution in [-0.4, -0.2) is 41.2 Å².